The van der Waals surface area contributed by atoms with E-state index in [9.17, 15) is 18.0 Å². The van der Waals surface area contributed by atoms with Crippen LogP contribution in [0.2, 0.25) is 0 Å². The molecule has 0 saturated heterocycles. The molecule has 0 atom stereocenters. The maximum atomic E-state index is 12.3. The second-order valence-electron chi connectivity index (χ2n) is 3.92. The van der Waals surface area contributed by atoms with Crippen molar-refractivity contribution in [2.45, 2.75) is 26.1 Å². The fourth-order valence-electron chi connectivity index (χ4n) is 1.26. The molecule has 0 aromatic carbocycles. The van der Waals surface area contributed by atoms with Gasteiger partial charge in [-0.15, -0.1) is 11.3 Å². The Kier molecular flexibility index (Phi) is 4.89. The summed E-state index contributed by atoms with van der Waals surface area (Å²) < 4.78 is 36.9. The van der Waals surface area contributed by atoms with Crippen LogP contribution < -0.4 is 0 Å². The zero-order valence-electron chi connectivity index (χ0n) is 9.94. The quantitative estimate of drug-likeness (QED) is 0.793. The van der Waals surface area contributed by atoms with Gasteiger partial charge in [0, 0.05) is 17.5 Å². The van der Waals surface area contributed by atoms with Crippen molar-refractivity contribution in [1.82, 2.24) is 9.88 Å². The summed E-state index contributed by atoms with van der Waals surface area (Å²) in [5.41, 5.74) is 2.14. The molecule has 1 heterocycles. The highest BCUT2D eigenvalue weighted by molar-refractivity contribution is 7.07. The van der Waals surface area contributed by atoms with Gasteiger partial charge in [-0.25, -0.2) is 4.98 Å². The molecule has 1 rings (SSSR count). The monoisotopic (exact) mass is 278 g/mol. The largest absolute Gasteiger partial charge is 0.406 e. The van der Waals surface area contributed by atoms with Crippen molar-refractivity contribution in [2.75, 3.05) is 6.54 Å². The van der Waals surface area contributed by atoms with E-state index < -0.39 is 24.7 Å². The standard InChI is InChI=1S/C11H13F3N2OS/c1-8(2)16(6-11(12,13)14)10(17)4-3-9-5-18-7-15-9/h3-5,7-8H,6H2,1-2H3. The Morgan fingerprint density at radius 3 is 2.67 bits per heavy atom. The van der Waals surface area contributed by atoms with Crippen molar-refractivity contribution in [1.29, 1.82) is 0 Å². The Morgan fingerprint density at radius 2 is 2.22 bits per heavy atom. The van der Waals surface area contributed by atoms with Crippen LogP contribution in [-0.2, 0) is 4.79 Å². The third-order valence-corrected chi connectivity index (χ3v) is 2.71. The van der Waals surface area contributed by atoms with E-state index in [1.165, 1.54) is 17.4 Å². The first kappa shape index (κ1) is 14.7. The zero-order valence-corrected chi connectivity index (χ0v) is 10.8. The molecule has 1 amide bonds. The van der Waals surface area contributed by atoms with E-state index in [-0.39, 0.29) is 0 Å². The summed E-state index contributed by atoms with van der Waals surface area (Å²) in [4.78, 5) is 16.3. The van der Waals surface area contributed by atoms with Crippen molar-refractivity contribution < 1.29 is 18.0 Å². The van der Waals surface area contributed by atoms with Gasteiger partial charge in [-0.2, -0.15) is 13.2 Å². The molecule has 0 unspecified atom stereocenters. The number of hydrogen-bond acceptors (Lipinski definition) is 3. The van der Waals surface area contributed by atoms with Gasteiger partial charge in [0.05, 0.1) is 11.2 Å². The number of halogens is 3. The highest BCUT2D eigenvalue weighted by atomic mass is 32.1. The van der Waals surface area contributed by atoms with Crippen LogP contribution >= 0.6 is 11.3 Å². The van der Waals surface area contributed by atoms with E-state index in [0.717, 1.165) is 11.0 Å². The number of thiazole rings is 1. The Balaban J connectivity index is 2.71. The van der Waals surface area contributed by atoms with Crippen LogP contribution in [0.5, 0.6) is 0 Å². The highest BCUT2D eigenvalue weighted by Crippen LogP contribution is 2.18. The summed E-state index contributed by atoms with van der Waals surface area (Å²) in [7, 11) is 0. The van der Waals surface area contributed by atoms with Gasteiger partial charge >= 0.3 is 6.18 Å². The number of hydrogen-bond donors (Lipinski definition) is 0. The van der Waals surface area contributed by atoms with Crippen molar-refractivity contribution in [3.63, 3.8) is 0 Å². The third kappa shape index (κ3) is 4.87. The lowest BCUT2D eigenvalue weighted by Gasteiger charge is -2.26. The number of alkyl halides is 3. The molecule has 7 heteroatoms. The Bertz CT molecular complexity index is 412. The van der Waals surface area contributed by atoms with Crippen molar-refractivity contribution in [2.24, 2.45) is 0 Å². The summed E-state index contributed by atoms with van der Waals surface area (Å²) in [6, 6.07) is -0.515. The number of rotatable bonds is 4. The average Bonchev–Trinajstić information content (AvgIpc) is 2.73. The van der Waals surface area contributed by atoms with Crippen molar-refractivity contribution in [3.05, 3.63) is 22.7 Å². The Hall–Kier alpha value is -1.37. The minimum absolute atomic E-state index is 0.515. The molecule has 0 radical (unpaired) electrons. The van der Waals surface area contributed by atoms with Gasteiger partial charge in [-0.1, -0.05) is 0 Å². The molecule has 18 heavy (non-hydrogen) atoms. The van der Waals surface area contributed by atoms with Crippen LogP contribution in [0, 0.1) is 0 Å². The lowest BCUT2D eigenvalue weighted by molar-refractivity contribution is -0.161. The maximum absolute atomic E-state index is 12.3. The van der Waals surface area contributed by atoms with Gasteiger partial charge in [0.25, 0.3) is 0 Å². The van der Waals surface area contributed by atoms with Crippen molar-refractivity contribution >= 4 is 23.3 Å². The van der Waals surface area contributed by atoms with Crippen molar-refractivity contribution in [3.8, 4) is 0 Å². The maximum Gasteiger partial charge on any atom is 0.406 e. The molecule has 0 aliphatic heterocycles. The number of carbonyl (C=O) groups is 1. The molecule has 0 spiro atoms. The number of aromatic nitrogens is 1. The van der Waals surface area contributed by atoms with Crippen LogP contribution in [0.15, 0.2) is 17.0 Å². The summed E-state index contributed by atoms with van der Waals surface area (Å²) in [6.07, 6.45) is -1.88. The Labute approximate surface area is 107 Å². The normalized spacial score (nSPS) is 12.3. The minimum atomic E-state index is -4.39. The topological polar surface area (TPSA) is 33.2 Å². The summed E-state index contributed by atoms with van der Waals surface area (Å²) in [5.74, 6) is -0.671. The molecule has 1 aromatic heterocycles. The number of carbonyl (C=O) groups excluding carboxylic acids is 1. The molecule has 1 aromatic rings. The molecule has 3 nitrogen and oxygen atoms in total. The van der Waals surface area contributed by atoms with Gasteiger partial charge in [-0.05, 0) is 19.9 Å². The summed E-state index contributed by atoms with van der Waals surface area (Å²) in [5, 5.41) is 1.70. The summed E-state index contributed by atoms with van der Waals surface area (Å²) in [6.45, 7) is 1.84. The molecule has 0 aliphatic rings. The molecular formula is C11H13F3N2OS. The number of amides is 1. The molecule has 100 valence electrons. The molecule has 0 saturated carbocycles. The van der Waals surface area contributed by atoms with Crippen LogP contribution in [0.25, 0.3) is 6.08 Å². The predicted molar refractivity (Wildman–Crippen MR) is 64.1 cm³/mol. The smallest absolute Gasteiger partial charge is 0.328 e. The summed E-state index contributed by atoms with van der Waals surface area (Å²) >= 11 is 1.35. The molecule has 0 fully saturated rings. The van der Waals surface area contributed by atoms with E-state index >= 15 is 0 Å². The van der Waals surface area contributed by atoms with Gasteiger partial charge < -0.3 is 4.90 Å². The van der Waals surface area contributed by atoms with Crippen LogP contribution in [0.1, 0.15) is 19.5 Å². The first-order chi connectivity index (χ1) is 8.29. The van der Waals surface area contributed by atoms with E-state index in [4.69, 9.17) is 0 Å². The Morgan fingerprint density at radius 1 is 1.56 bits per heavy atom. The van der Waals surface area contributed by atoms with Crippen LogP contribution in [0.3, 0.4) is 0 Å². The first-order valence-corrected chi connectivity index (χ1v) is 6.17. The van der Waals surface area contributed by atoms with E-state index in [2.05, 4.69) is 4.98 Å². The zero-order chi connectivity index (χ0) is 13.8. The van der Waals surface area contributed by atoms with Gasteiger partial charge in [0.2, 0.25) is 5.91 Å². The lowest BCUT2D eigenvalue weighted by Crippen LogP contribution is -2.42. The highest BCUT2D eigenvalue weighted by Gasteiger charge is 2.33. The van der Waals surface area contributed by atoms with E-state index in [1.54, 1.807) is 24.7 Å². The second-order valence-corrected chi connectivity index (χ2v) is 4.64. The van der Waals surface area contributed by atoms with Crippen LogP contribution in [0.4, 0.5) is 13.2 Å². The van der Waals surface area contributed by atoms with Gasteiger partial charge in [-0.3, -0.25) is 4.79 Å². The van der Waals surface area contributed by atoms with E-state index in [1.807, 2.05) is 0 Å². The van der Waals surface area contributed by atoms with Gasteiger partial charge in [0.15, 0.2) is 0 Å². The average molecular weight is 278 g/mol. The fourth-order valence-corrected chi connectivity index (χ4v) is 1.79. The molecule has 0 aliphatic carbocycles. The third-order valence-electron chi connectivity index (χ3n) is 2.10. The SMILES string of the molecule is CC(C)N(CC(F)(F)F)C(=O)C=Cc1cscn1. The predicted octanol–water partition coefficient (Wildman–Crippen LogP) is 2.96. The molecule has 0 N–H and O–H groups in total. The minimum Gasteiger partial charge on any atom is -0.328 e. The van der Waals surface area contributed by atoms with Crippen LogP contribution in [-0.4, -0.2) is 34.6 Å². The number of nitrogens with zero attached hydrogens (tertiary/aromatic N) is 2. The molecular weight excluding hydrogens is 265 g/mol. The molecule has 0 bridgehead atoms. The first-order valence-electron chi connectivity index (χ1n) is 5.23. The van der Waals surface area contributed by atoms with Gasteiger partial charge in [0.1, 0.15) is 6.54 Å². The second kappa shape index (κ2) is 5.99. The van der Waals surface area contributed by atoms with E-state index in [0.29, 0.717) is 5.69 Å². The fraction of sp³-hybridized carbons (Fsp3) is 0.455. The lowest BCUT2D eigenvalue weighted by atomic mass is 10.3.